The Bertz CT molecular complexity index is 536. The number of hydrogen-bond donors (Lipinski definition) is 0. The van der Waals surface area contributed by atoms with E-state index in [1.807, 2.05) is 14.0 Å². The molecule has 0 aromatic carbocycles. The van der Waals surface area contributed by atoms with Crippen LogP contribution in [0.15, 0.2) is 30.9 Å². The van der Waals surface area contributed by atoms with Crippen LogP contribution in [0.5, 0.6) is 0 Å². The van der Waals surface area contributed by atoms with Gasteiger partial charge in [0.1, 0.15) is 24.5 Å². The van der Waals surface area contributed by atoms with Gasteiger partial charge < -0.3 is 4.74 Å². The quantitative estimate of drug-likeness (QED) is 0.195. The molecule has 1 rings (SSSR count). The van der Waals surface area contributed by atoms with E-state index in [1.165, 1.54) is 51.4 Å². The Hall–Kier alpha value is -1.58. The molecule has 148 valence electrons. The van der Waals surface area contributed by atoms with Gasteiger partial charge in [0.05, 0.1) is 7.05 Å². The Morgan fingerprint density at radius 1 is 1.15 bits per heavy atom. The molecule has 2 unspecified atom stereocenters. The van der Waals surface area contributed by atoms with Crippen LogP contribution in [0, 0.1) is 0 Å². The molecule has 0 radical (unpaired) electrons. The second-order valence-electron chi connectivity index (χ2n) is 7.68. The summed E-state index contributed by atoms with van der Waals surface area (Å²) in [6.07, 6.45) is 18.8. The van der Waals surface area contributed by atoms with E-state index in [-0.39, 0.29) is 12.1 Å². The lowest BCUT2D eigenvalue weighted by Crippen LogP contribution is -2.25. The van der Waals surface area contributed by atoms with E-state index >= 15 is 0 Å². The molecule has 0 amide bonds. The summed E-state index contributed by atoms with van der Waals surface area (Å²) in [5.74, 6) is -0.290. The van der Waals surface area contributed by atoms with E-state index in [0.29, 0.717) is 11.6 Å². The first-order valence-electron chi connectivity index (χ1n) is 10.3. The number of carbonyl (C=O) groups excluding carboxylic acids is 1. The number of aryl methyl sites for hydroxylation is 1. The number of nitrogens with zero attached hydrogens (tertiary/aromatic N) is 2. The van der Waals surface area contributed by atoms with Crippen LogP contribution in [0.4, 0.5) is 0 Å². The van der Waals surface area contributed by atoms with E-state index in [2.05, 4.69) is 41.4 Å². The van der Waals surface area contributed by atoms with Crippen LogP contribution < -0.4 is 4.57 Å². The molecule has 2 atom stereocenters. The van der Waals surface area contributed by atoms with Gasteiger partial charge in [-0.05, 0) is 26.7 Å². The first-order chi connectivity index (χ1) is 12.4. The largest absolute Gasteiger partial charge is 0.459 e. The van der Waals surface area contributed by atoms with Crippen LogP contribution in [0.3, 0.4) is 0 Å². The fourth-order valence-corrected chi connectivity index (χ4v) is 3.30. The Kier molecular flexibility index (Phi) is 11.0. The predicted octanol–water partition coefficient (Wildman–Crippen LogP) is 5.28. The van der Waals surface area contributed by atoms with Gasteiger partial charge in [-0.25, -0.2) is 13.9 Å². The van der Waals surface area contributed by atoms with Crippen molar-refractivity contribution in [2.24, 2.45) is 7.05 Å². The van der Waals surface area contributed by atoms with Gasteiger partial charge >= 0.3 is 5.97 Å². The van der Waals surface area contributed by atoms with Crippen molar-refractivity contribution in [3.8, 4) is 0 Å². The van der Waals surface area contributed by atoms with Crippen LogP contribution in [-0.4, -0.2) is 16.6 Å². The zero-order chi connectivity index (χ0) is 19.4. The van der Waals surface area contributed by atoms with Crippen LogP contribution in [0.1, 0.15) is 91.0 Å². The molecule has 4 nitrogen and oxygen atoms in total. The number of carbonyl (C=O) groups is 1. The maximum absolute atomic E-state index is 11.7. The van der Waals surface area contributed by atoms with Crippen LogP contribution in [0.25, 0.3) is 0 Å². The van der Waals surface area contributed by atoms with Crippen molar-refractivity contribution in [2.45, 2.75) is 97.1 Å². The number of imidazole rings is 1. The third-order valence-corrected chi connectivity index (χ3v) is 4.86. The minimum atomic E-state index is -0.290. The van der Waals surface area contributed by atoms with Gasteiger partial charge in [-0.1, -0.05) is 58.4 Å². The molecule has 0 fully saturated rings. The van der Waals surface area contributed by atoms with E-state index < -0.39 is 0 Å². The van der Waals surface area contributed by atoms with Gasteiger partial charge in [-0.3, -0.25) is 0 Å². The summed E-state index contributed by atoms with van der Waals surface area (Å²) in [6.45, 7) is 9.59. The summed E-state index contributed by atoms with van der Waals surface area (Å²) < 4.78 is 9.81. The molecule has 4 heteroatoms. The normalized spacial score (nSPS) is 13.4. The summed E-state index contributed by atoms with van der Waals surface area (Å²) in [4.78, 5) is 11.7. The van der Waals surface area contributed by atoms with Crippen LogP contribution in [-0.2, 0) is 16.6 Å². The molecule has 26 heavy (non-hydrogen) atoms. The van der Waals surface area contributed by atoms with E-state index in [4.69, 9.17) is 4.74 Å². The zero-order valence-electron chi connectivity index (χ0n) is 17.4. The summed E-state index contributed by atoms with van der Waals surface area (Å²) in [5.41, 5.74) is 0.462. The van der Waals surface area contributed by atoms with Crippen molar-refractivity contribution in [1.82, 2.24) is 4.57 Å². The summed E-state index contributed by atoms with van der Waals surface area (Å²) in [6, 6.07) is 0.365. The van der Waals surface area contributed by atoms with Crippen molar-refractivity contribution in [3.63, 3.8) is 0 Å². The van der Waals surface area contributed by atoms with Gasteiger partial charge in [0.2, 0.25) is 6.33 Å². The Labute approximate surface area is 160 Å². The average Bonchev–Trinajstić information content (AvgIpc) is 3.02. The highest BCUT2D eigenvalue weighted by molar-refractivity contribution is 5.87. The van der Waals surface area contributed by atoms with Crippen molar-refractivity contribution in [2.75, 3.05) is 0 Å². The Morgan fingerprint density at radius 2 is 1.77 bits per heavy atom. The first kappa shape index (κ1) is 22.5. The first-order valence-corrected chi connectivity index (χ1v) is 10.3. The maximum atomic E-state index is 11.7. The van der Waals surface area contributed by atoms with Gasteiger partial charge in [0.15, 0.2) is 0 Å². The second-order valence-corrected chi connectivity index (χ2v) is 7.68. The van der Waals surface area contributed by atoms with E-state index in [0.717, 1.165) is 12.8 Å². The summed E-state index contributed by atoms with van der Waals surface area (Å²) in [5, 5.41) is 0. The molecular weight excluding hydrogens is 324 g/mol. The van der Waals surface area contributed by atoms with Crippen molar-refractivity contribution < 1.29 is 14.1 Å². The fourth-order valence-electron chi connectivity index (χ4n) is 3.30. The molecule has 0 aliphatic rings. The van der Waals surface area contributed by atoms with E-state index in [9.17, 15) is 4.79 Å². The third kappa shape index (κ3) is 9.21. The Balaban J connectivity index is 2.42. The smallest absolute Gasteiger partial charge is 0.333 e. The molecule has 0 N–H and O–H groups in total. The molecule has 0 aliphatic heterocycles. The number of rotatable bonds is 14. The highest BCUT2D eigenvalue weighted by Gasteiger charge is 2.21. The SMILES string of the molecule is C=C(C)C(=O)OC(C)CC(CCCCCCCCCC)n1cc[n+](C)c1. The summed E-state index contributed by atoms with van der Waals surface area (Å²) >= 11 is 0. The molecule has 1 aromatic heterocycles. The van der Waals surface area contributed by atoms with Gasteiger partial charge in [-0.15, -0.1) is 0 Å². The molecule has 1 heterocycles. The van der Waals surface area contributed by atoms with Crippen LogP contribution in [0.2, 0.25) is 0 Å². The number of ether oxygens (including phenoxy) is 1. The van der Waals surface area contributed by atoms with Gasteiger partial charge in [0, 0.05) is 12.0 Å². The number of hydrogen-bond acceptors (Lipinski definition) is 2. The van der Waals surface area contributed by atoms with Crippen molar-refractivity contribution in [1.29, 1.82) is 0 Å². The molecule has 0 spiro atoms. The van der Waals surface area contributed by atoms with Crippen molar-refractivity contribution >= 4 is 5.97 Å². The monoisotopic (exact) mass is 363 g/mol. The molecule has 1 aromatic rings. The molecule has 0 bridgehead atoms. The standard InChI is InChI=1S/C22H39N2O2/c1-6-7-8-9-10-11-12-13-14-21(24-16-15-23(5)18-24)17-20(4)26-22(25)19(2)3/h15-16,18,20-21H,2,6-14,17H2,1,3-5H3/q+1. The highest BCUT2D eigenvalue weighted by atomic mass is 16.5. The molecular formula is C22H39N2O2+. The molecule has 0 aliphatic carbocycles. The van der Waals surface area contributed by atoms with E-state index in [1.54, 1.807) is 6.92 Å². The number of esters is 1. The molecule has 0 saturated carbocycles. The maximum Gasteiger partial charge on any atom is 0.333 e. The van der Waals surface area contributed by atoms with Gasteiger partial charge in [0.25, 0.3) is 0 Å². The second kappa shape index (κ2) is 12.7. The predicted molar refractivity (Wildman–Crippen MR) is 107 cm³/mol. The van der Waals surface area contributed by atoms with Crippen LogP contribution >= 0.6 is 0 Å². The average molecular weight is 364 g/mol. The number of aromatic nitrogens is 2. The topological polar surface area (TPSA) is 35.1 Å². The minimum absolute atomic E-state index is 0.106. The minimum Gasteiger partial charge on any atom is -0.459 e. The number of unbranched alkanes of at least 4 members (excludes halogenated alkanes) is 7. The third-order valence-electron chi connectivity index (χ3n) is 4.86. The highest BCUT2D eigenvalue weighted by Crippen LogP contribution is 2.23. The Morgan fingerprint density at radius 3 is 2.31 bits per heavy atom. The molecule has 0 saturated heterocycles. The lowest BCUT2D eigenvalue weighted by Gasteiger charge is -2.19. The van der Waals surface area contributed by atoms with Gasteiger partial charge in [-0.2, -0.15) is 0 Å². The van der Waals surface area contributed by atoms with Crippen molar-refractivity contribution in [3.05, 3.63) is 30.9 Å². The summed E-state index contributed by atoms with van der Waals surface area (Å²) in [7, 11) is 2.04. The lowest BCUT2D eigenvalue weighted by molar-refractivity contribution is -0.671. The fraction of sp³-hybridized carbons (Fsp3) is 0.727. The zero-order valence-corrected chi connectivity index (χ0v) is 17.4. The lowest BCUT2D eigenvalue weighted by atomic mass is 10.0.